The molecule has 2 nitrogen and oxygen atoms in total. The summed E-state index contributed by atoms with van der Waals surface area (Å²) in [4.78, 5) is 5.58. The van der Waals surface area contributed by atoms with Gasteiger partial charge in [0.1, 0.15) is 0 Å². The van der Waals surface area contributed by atoms with E-state index < -0.39 is 0 Å². The summed E-state index contributed by atoms with van der Waals surface area (Å²) in [5.41, 5.74) is 0. The lowest BCUT2D eigenvalue weighted by Crippen LogP contribution is -2.24. The van der Waals surface area contributed by atoms with Gasteiger partial charge in [0, 0.05) is 41.2 Å². The minimum absolute atomic E-state index is 0.568. The summed E-state index contributed by atoms with van der Waals surface area (Å²) in [5.74, 6) is 2.64. The molecule has 1 saturated heterocycles. The van der Waals surface area contributed by atoms with Crippen molar-refractivity contribution in [3.8, 4) is 0 Å². The Morgan fingerprint density at radius 2 is 2.06 bits per heavy atom. The van der Waals surface area contributed by atoms with Crippen LogP contribution in [0.15, 0.2) is 12.1 Å². The average molecular weight is 284 g/mol. The van der Waals surface area contributed by atoms with E-state index >= 15 is 0 Å². The normalized spacial score (nSPS) is 18.2. The van der Waals surface area contributed by atoms with E-state index in [1.54, 1.807) is 0 Å². The van der Waals surface area contributed by atoms with Crippen LogP contribution in [0.2, 0.25) is 0 Å². The lowest BCUT2D eigenvalue weighted by atomic mass is 10.3. The van der Waals surface area contributed by atoms with Gasteiger partial charge in [-0.25, -0.2) is 0 Å². The van der Waals surface area contributed by atoms with Crippen molar-refractivity contribution in [2.75, 3.05) is 24.6 Å². The minimum Gasteiger partial charge on any atom is -0.310 e. The van der Waals surface area contributed by atoms with Crippen molar-refractivity contribution in [2.45, 2.75) is 39.4 Å². The van der Waals surface area contributed by atoms with Crippen LogP contribution in [-0.2, 0) is 13.1 Å². The first-order valence-electron chi connectivity index (χ1n) is 6.85. The maximum atomic E-state index is 3.48. The van der Waals surface area contributed by atoms with Crippen LogP contribution in [0.3, 0.4) is 0 Å². The molecule has 4 heteroatoms. The summed E-state index contributed by atoms with van der Waals surface area (Å²) < 4.78 is 0. The second-order valence-corrected chi connectivity index (χ2v) is 7.62. The zero-order valence-electron chi connectivity index (χ0n) is 11.4. The minimum atomic E-state index is 0.568. The van der Waals surface area contributed by atoms with Crippen LogP contribution in [0, 0.1) is 0 Å². The lowest BCUT2D eigenvalue weighted by Gasteiger charge is -2.18. The van der Waals surface area contributed by atoms with Crippen LogP contribution in [0.25, 0.3) is 0 Å². The predicted octanol–water partition coefficient (Wildman–Crippen LogP) is 3.19. The van der Waals surface area contributed by atoms with Gasteiger partial charge >= 0.3 is 0 Å². The van der Waals surface area contributed by atoms with Crippen molar-refractivity contribution in [1.29, 1.82) is 0 Å². The van der Waals surface area contributed by atoms with Crippen LogP contribution in [-0.4, -0.2) is 35.5 Å². The van der Waals surface area contributed by atoms with E-state index in [1.165, 1.54) is 40.8 Å². The third-order valence-electron chi connectivity index (χ3n) is 3.10. The molecule has 0 spiro atoms. The predicted molar refractivity (Wildman–Crippen MR) is 83.5 cm³/mol. The first kappa shape index (κ1) is 14.4. The molecule has 1 N–H and O–H groups in total. The van der Waals surface area contributed by atoms with Gasteiger partial charge in [0.15, 0.2) is 0 Å². The van der Waals surface area contributed by atoms with Gasteiger partial charge in [0.2, 0.25) is 0 Å². The van der Waals surface area contributed by atoms with Crippen molar-refractivity contribution < 1.29 is 0 Å². The number of thioether (sulfide) groups is 1. The van der Waals surface area contributed by atoms with Gasteiger partial charge < -0.3 is 5.32 Å². The summed E-state index contributed by atoms with van der Waals surface area (Å²) >= 11 is 4.06. The SMILES string of the molecule is CC(C)NCc1ccc(CN2CCCSCC2)s1. The second kappa shape index (κ2) is 7.53. The number of hydrogen-bond acceptors (Lipinski definition) is 4. The van der Waals surface area contributed by atoms with E-state index in [4.69, 9.17) is 0 Å². The Bertz CT molecular complexity index is 341. The first-order chi connectivity index (χ1) is 8.74. The van der Waals surface area contributed by atoms with Crippen LogP contribution in [0.4, 0.5) is 0 Å². The van der Waals surface area contributed by atoms with Gasteiger partial charge in [0.25, 0.3) is 0 Å². The quantitative estimate of drug-likeness (QED) is 0.894. The molecule has 0 radical (unpaired) electrons. The maximum absolute atomic E-state index is 3.48. The summed E-state index contributed by atoms with van der Waals surface area (Å²) in [6.45, 7) is 9.07. The monoisotopic (exact) mass is 284 g/mol. The van der Waals surface area contributed by atoms with Gasteiger partial charge in [-0.2, -0.15) is 11.8 Å². The van der Waals surface area contributed by atoms with Gasteiger partial charge in [-0.3, -0.25) is 4.90 Å². The molecular weight excluding hydrogens is 260 g/mol. The lowest BCUT2D eigenvalue weighted by molar-refractivity contribution is 0.290. The fourth-order valence-corrected chi connectivity index (χ4v) is 4.02. The summed E-state index contributed by atoms with van der Waals surface area (Å²) in [7, 11) is 0. The molecule has 1 aliphatic rings. The third kappa shape index (κ3) is 4.92. The molecule has 1 fully saturated rings. The zero-order valence-corrected chi connectivity index (χ0v) is 13.1. The fraction of sp³-hybridized carbons (Fsp3) is 0.714. The Balaban J connectivity index is 1.81. The summed E-state index contributed by atoms with van der Waals surface area (Å²) in [5, 5.41) is 3.48. The second-order valence-electron chi connectivity index (χ2n) is 5.15. The highest BCUT2D eigenvalue weighted by atomic mass is 32.2. The molecule has 2 rings (SSSR count). The molecule has 1 aliphatic heterocycles. The average Bonchev–Trinajstić information content (AvgIpc) is 2.62. The Morgan fingerprint density at radius 3 is 2.89 bits per heavy atom. The highest BCUT2D eigenvalue weighted by Gasteiger charge is 2.10. The molecule has 1 aromatic rings. The molecule has 0 saturated carbocycles. The molecule has 0 aliphatic carbocycles. The van der Waals surface area contributed by atoms with E-state index in [-0.39, 0.29) is 0 Å². The number of thiophene rings is 1. The molecular formula is C14H24N2S2. The van der Waals surface area contributed by atoms with E-state index in [1.807, 2.05) is 11.3 Å². The molecule has 0 bridgehead atoms. The van der Waals surface area contributed by atoms with E-state index in [0.29, 0.717) is 6.04 Å². The van der Waals surface area contributed by atoms with E-state index in [9.17, 15) is 0 Å². The van der Waals surface area contributed by atoms with Crippen molar-refractivity contribution in [3.63, 3.8) is 0 Å². The molecule has 18 heavy (non-hydrogen) atoms. The van der Waals surface area contributed by atoms with E-state index in [2.05, 4.69) is 48.0 Å². The highest BCUT2D eigenvalue weighted by Crippen LogP contribution is 2.20. The van der Waals surface area contributed by atoms with Crippen molar-refractivity contribution in [1.82, 2.24) is 10.2 Å². The van der Waals surface area contributed by atoms with Crippen molar-refractivity contribution in [2.24, 2.45) is 0 Å². The molecule has 0 aromatic carbocycles. The van der Waals surface area contributed by atoms with E-state index in [0.717, 1.165) is 13.1 Å². The largest absolute Gasteiger partial charge is 0.310 e. The smallest absolute Gasteiger partial charge is 0.0328 e. The van der Waals surface area contributed by atoms with Crippen molar-refractivity contribution in [3.05, 3.63) is 21.9 Å². The third-order valence-corrected chi connectivity index (χ3v) is 5.21. The Kier molecular flexibility index (Phi) is 6.02. The van der Waals surface area contributed by atoms with Crippen molar-refractivity contribution >= 4 is 23.1 Å². The van der Waals surface area contributed by atoms with Crippen LogP contribution in [0.5, 0.6) is 0 Å². The number of hydrogen-bond donors (Lipinski definition) is 1. The number of nitrogens with zero attached hydrogens (tertiary/aromatic N) is 1. The Morgan fingerprint density at radius 1 is 1.22 bits per heavy atom. The molecule has 102 valence electrons. The Hall–Kier alpha value is -0.0300. The molecule has 2 heterocycles. The van der Waals surface area contributed by atoms with Crippen LogP contribution >= 0.6 is 23.1 Å². The number of nitrogens with one attached hydrogen (secondary N) is 1. The standard InChI is InChI=1S/C14H24N2S2/c1-12(2)15-10-13-4-5-14(18-13)11-16-6-3-8-17-9-7-16/h4-5,12,15H,3,6-11H2,1-2H3. The maximum Gasteiger partial charge on any atom is 0.0328 e. The fourth-order valence-electron chi connectivity index (χ4n) is 2.08. The van der Waals surface area contributed by atoms with Gasteiger partial charge in [-0.05, 0) is 30.9 Å². The van der Waals surface area contributed by atoms with Gasteiger partial charge in [-0.15, -0.1) is 11.3 Å². The number of rotatable bonds is 5. The zero-order chi connectivity index (χ0) is 12.8. The molecule has 0 atom stereocenters. The molecule has 1 aromatic heterocycles. The van der Waals surface area contributed by atoms with Gasteiger partial charge in [0.05, 0.1) is 0 Å². The Labute approximate surface area is 119 Å². The topological polar surface area (TPSA) is 15.3 Å². The summed E-state index contributed by atoms with van der Waals surface area (Å²) in [6, 6.07) is 5.15. The molecule has 0 amide bonds. The van der Waals surface area contributed by atoms with Crippen LogP contribution < -0.4 is 5.32 Å². The highest BCUT2D eigenvalue weighted by molar-refractivity contribution is 7.99. The molecule has 0 unspecified atom stereocenters. The van der Waals surface area contributed by atoms with Gasteiger partial charge in [-0.1, -0.05) is 13.8 Å². The first-order valence-corrected chi connectivity index (χ1v) is 8.82. The van der Waals surface area contributed by atoms with Crippen LogP contribution in [0.1, 0.15) is 30.0 Å². The summed E-state index contributed by atoms with van der Waals surface area (Å²) in [6.07, 6.45) is 1.35.